The van der Waals surface area contributed by atoms with E-state index in [1.807, 2.05) is 0 Å². The summed E-state index contributed by atoms with van der Waals surface area (Å²) in [5.74, 6) is 2.08. The maximum atomic E-state index is 12.5. The van der Waals surface area contributed by atoms with E-state index in [2.05, 4.69) is 15.8 Å². The van der Waals surface area contributed by atoms with E-state index in [9.17, 15) is 9.59 Å². The van der Waals surface area contributed by atoms with Crippen LogP contribution in [0.15, 0.2) is 28.8 Å². The van der Waals surface area contributed by atoms with Gasteiger partial charge >= 0.3 is 0 Å². The number of aryl methyl sites for hydroxylation is 1. The molecule has 1 aliphatic heterocycles. The number of anilines is 2. The molecule has 2 N–H and O–H groups in total. The first-order valence-corrected chi connectivity index (χ1v) is 9.03. The zero-order valence-corrected chi connectivity index (χ0v) is 15.0. The van der Waals surface area contributed by atoms with E-state index >= 15 is 0 Å². The molecule has 27 heavy (non-hydrogen) atoms. The maximum absolute atomic E-state index is 12.5. The van der Waals surface area contributed by atoms with E-state index in [1.165, 1.54) is 0 Å². The molecule has 8 heteroatoms. The molecule has 0 saturated heterocycles. The second-order valence-electron chi connectivity index (χ2n) is 6.92. The second-order valence-corrected chi connectivity index (χ2v) is 6.92. The van der Waals surface area contributed by atoms with Gasteiger partial charge in [-0.25, -0.2) is 0 Å². The fraction of sp³-hybridized carbons (Fsp3) is 0.421. The van der Waals surface area contributed by atoms with Crippen LogP contribution in [0, 0.1) is 18.8 Å². The van der Waals surface area contributed by atoms with Gasteiger partial charge in [0.1, 0.15) is 5.76 Å². The summed E-state index contributed by atoms with van der Waals surface area (Å²) in [5, 5.41) is 9.48. The number of amides is 2. The van der Waals surface area contributed by atoms with Crippen molar-refractivity contribution in [1.29, 1.82) is 0 Å². The number of nitrogens with zero attached hydrogens (tertiary/aromatic N) is 1. The van der Waals surface area contributed by atoms with Crippen molar-refractivity contribution in [2.24, 2.45) is 11.8 Å². The van der Waals surface area contributed by atoms with Gasteiger partial charge < -0.3 is 24.6 Å². The number of hydrogen-bond donors (Lipinski definition) is 2. The Morgan fingerprint density at radius 1 is 0.963 bits per heavy atom. The van der Waals surface area contributed by atoms with Gasteiger partial charge in [-0.1, -0.05) is 5.16 Å². The highest BCUT2D eigenvalue weighted by atomic mass is 16.7. The highest BCUT2D eigenvalue weighted by Gasteiger charge is 2.30. The lowest BCUT2D eigenvalue weighted by atomic mass is 9.81. The SMILES string of the molecule is Cc1cc(NC(=O)C2CCC(C(=O)Nc3ccc4c(c3)OCO4)CC2)no1. The van der Waals surface area contributed by atoms with Gasteiger partial charge in [-0.05, 0) is 44.7 Å². The van der Waals surface area contributed by atoms with Crippen molar-refractivity contribution in [3.63, 3.8) is 0 Å². The average molecular weight is 371 g/mol. The van der Waals surface area contributed by atoms with Crippen LogP contribution in [0.25, 0.3) is 0 Å². The Balaban J connectivity index is 1.28. The highest BCUT2D eigenvalue weighted by Crippen LogP contribution is 2.35. The van der Waals surface area contributed by atoms with Crippen LogP contribution in [-0.2, 0) is 9.59 Å². The van der Waals surface area contributed by atoms with Crippen molar-refractivity contribution in [1.82, 2.24) is 5.16 Å². The van der Waals surface area contributed by atoms with Crippen molar-refractivity contribution in [2.75, 3.05) is 17.4 Å². The van der Waals surface area contributed by atoms with Gasteiger partial charge in [-0.2, -0.15) is 0 Å². The highest BCUT2D eigenvalue weighted by molar-refractivity contribution is 5.94. The number of hydrogen-bond acceptors (Lipinski definition) is 6. The Labute approximate surface area is 156 Å². The molecule has 2 heterocycles. The average Bonchev–Trinajstić information content (AvgIpc) is 3.30. The monoisotopic (exact) mass is 371 g/mol. The van der Waals surface area contributed by atoms with Crippen LogP contribution in [0.4, 0.5) is 11.5 Å². The topological polar surface area (TPSA) is 103 Å². The zero-order valence-electron chi connectivity index (χ0n) is 15.0. The lowest BCUT2D eigenvalue weighted by Gasteiger charge is -2.26. The summed E-state index contributed by atoms with van der Waals surface area (Å²) >= 11 is 0. The molecule has 2 aliphatic rings. The zero-order chi connectivity index (χ0) is 18.8. The first-order valence-electron chi connectivity index (χ1n) is 9.03. The summed E-state index contributed by atoms with van der Waals surface area (Å²) in [7, 11) is 0. The molecule has 1 aromatic heterocycles. The van der Waals surface area contributed by atoms with Crippen LogP contribution in [0.1, 0.15) is 31.4 Å². The molecule has 4 rings (SSSR count). The molecule has 0 spiro atoms. The molecule has 2 aromatic rings. The van der Waals surface area contributed by atoms with Gasteiger partial charge in [-0.15, -0.1) is 0 Å². The molecule has 8 nitrogen and oxygen atoms in total. The lowest BCUT2D eigenvalue weighted by molar-refractivity contribution is -0.125. The lowest BCUT2D eigenvalue weighted by Crippen LogP contribution is -2.32. The minimum absolute atomic E-state index is 0.0279. The van der Waals surface area contributed by atoms with Crippen molar-refractivity contribution in [2.45, 2.75) is 32.6 Å². The van der Waals surface area contributed by atoms with Crippen molar-refractivity contribution < 1.29 is 23.6 Å². The Kier molecular flexibility index (Phi) is 4.70. The van der Waals surface area contributed by atoms with E-state index in [4.69, 9.17) is 14.0 Å². The van der Waals surface area contributed by atoms with Crippen molar-refractivity contribution >= 4 is 23.3 Å². The standard InChI is InChI=1S/C19H21N3O5/c1-11-8-17(22-27-11)21-19(24)13-4-2-12(3-5-13)18(23)20-14-6-7-15-16(9-14)26-10-25-15/h6-9,12-13H,2-5,10H2,1H3,(H,20,23)(H,21,22,24). The normalized spacial score (nSPS) is 20.9. The summed E-state index contributed by atoms with van der Waals surface area (Å²) in [6.45, 7) is 1.97. The summed E-state index contributed by atoms with van der Waals surface area (Å²) in [4.78, 5) is 24.9. The Bertz CT molecular complexity index is 855. The van der Waals surface area contributed by atoms with Gasteiger partial charge in [-0.3, -0.25) is 9.59 Å². The number of fused-ring (bicyclic) bond motifs is 1. The second kappa shape index (κ2) is 7.30. The summed E-state index contributed by atoms with van der Waals surface area (Å²) in [6.07, 6.45) is 2.68. The van der Waals surface area contributed by atoms with Crippen LogP contribution < -0.4 is 20.1 Å². The van der Waals surface area contributed by atoms with E-state index in [-0.39, 0.29) is 30.4 Å². The number of aromatic nitrogens is 1. The van der Waals surface area contributed by atoms with Crippen LogP contribution in [0.2, 0.25) is 0 Å². The fourth-order valence-corrected chi connectivity index (χ4v) is 3.49. The Morgan fingerprint density at radius 3 is 2.30 bits per heavy atom. The van der Waals surface area contributed by atoms with E-state index in [1.54, 1.807) is 31.2 Å². The molecule has 1 saturated carbocycles. The van der Waals surface area contributed by atoms with Gasteiger partial charge in [0.05, 0.1) is 0 Å². The van der Waals surface area contributed by atoms with E-state index < -0.39 is 0 Å². The molecule has 1 aliphatic carbocycles. The smallest absolute Gasteiger partial charge is 0.231 e. The number of carbonyl (C=O) groups is 2. The largest absolute Gasteiger partial charge is 0.454 e. The van der Waals surface area contributed by atoms with E-state index in [0.717, 1.165) is 0 Å². The predicted molar refractivity (Wildman–Crippen MR) is 96.5 cm³/mol. The number of ether oxygens (including phenoxy) is 2. The van der Waals surface area contributed by atoms with Crippen molar-refractivity contribution in [3.8, 4) is 11.5 Å². The third-order valence-corrected chi connectivity index (χ3v) is 4.99. The molecule has 2 amide bonds. The number of carbonyl (C=O) groups excluding carboxylic acids is 2. The molecule has 1 aromatic carbocycles. The molecule has 0 atom stereocenters. The van der Waals surface area contributed by atoms with Crippen molar-refractivity contribution in [3.05, 3.63) is 30.0 Å². The summed E-state index contributed by atoms with van der Waals surface area (Å²) in [6, 6.07) is 7.02. The Morgan fingerprint density at radius 2 is 1.63 bits per heavy atom. The molecule has 0 unspecified atom stereocenters. The third kappa shape index (κ3) is 3.89. The van der Waals surface area contributed by atoms with Gasteiger partial charge in [0, 0.05) is 29.7 Å². The minimum atomic E-state index is -0.114. The van der Waals surface area contributed by atoms with Gasteiger partial charge in [0.25, 0.3) is 0 Å². The number of nitrogens with one attached hydrogen (secondary N) is 2. The first-order chi connectivity index (χ1) is 13.1. The van der Waals surface area contributed by atoms with Crippen LogP contribution >= 0.6 is 0 Å². The molecule has 142 valence electrons. The molecule has 0 bridgehead atoms. The third-order valence-electron chi connectivity index (χ3n) is 4.99. The molecular weight excluding hydrogens is 350 g/mol. The first kappa shape index (κ1) is 17.4. The number of rotatable bonds is 4. The van der Waals surface area contributed by atoms with Crippen LogP contribution in [0.3, 0.4) is 0 Å². The quantitative estimate of drug-likeness (QED) is 0.856. The molecular formula is C19H21N3O5. The Hall–Kier alpha value is -3.03. The molecule has 0 radical (unpaired) electrons. The maximum Gasteiger partial charge on any atom is 0.231 e. The van der Waals surface area contributed by atoms with Gasteiger partial charge in [0.15, 0.2) is 17.3 Å². The molecule has 1 fully saturated rings. The van der Waals surface area contributed by atoms with E-state index in [0.29, 0.717) is 54.4 Å². The minimum Gasteiger partial charge on any atom is -0.454 e. The van der Waals surface area contributed by atoms with Gasteiger partial charge in [0.2, 0.25) is 18.6 Å². The summed E-state index contributed by atoms with van der Waals surface area (Å²) in [5.41, 5.74) is 0.686. The fourth-order valence-electron chi connectivity index (χ4n) is 3.49. The van der Waals surface area contributed by atoms with Crippen LogP contribution in [0.5, 0.6) is 11.5 Å². The predicted octanol–water partition coefficient (Wildman–Crippen LogP) is 3.10. The van der Waals surface area contributed by atoms with Crippen LogP contribution in [-0.4, -0.2) is 23.8 Å². The summed E-state index contributed by atoms with van der Waals surface area (Å²) < 4.78 is 15.5. The number of benzene rings is 1.